The molecule has 0 bridgehead atoms. The number of benzene rings is 1. The Morgan fingerprint density at radius 3 is 2.53 bits per heavy atom. The van der Waals surface area contributed by atoms with Crippen LogP contribution >= 0.6 is 0 Å². The van der Waals surface area contributed by atoms with Gasteiger partial charge in [-0.25, -0.2) is 13.6 Å². The van der Waals surface area contributed by atoms with E-state index in [4.69, 9.17) is 5.14 Å². The molecule has 1 aromatic heterocycles. The summed E-state index contributed by atoms with van der Waals surface area (Å²) in [5, 5.41) is 8.74. The molecule has 0 fully saturated rings. The second-order valence-electron chi connectivity index (χ2n) is 2.93. The molecule has 0 radical (unpaired) electrons. The van der Waals surface area contributed by atoms with Crippen molar-refractivity contribution in [3.63, 3.8) is 0 Å². The quantitative estimate of drug-likeness (QED) is 0.824. The van der Waals surface area contributed by atoms with Gasteiger partial charge in [0.15, 0.2) is 0 Å². The van der Waals surface area contributed by atoms with Gasteiger partial charge < -0.3 is 4.52 Å². The van der Waals surface area contributed by atoms with Gasteiger partial charge in [0.05, 0.1) is 4.90 Å². The van der Waals surface area contributed by atoms with Gasteiger partial charge in [-0.1, -0.05) is 23.4 Å². The van der Waals surface area contributed by atoms with Crippen LogP contribution in [0, 0.1) is 0 Å². The number of aromatic nitrogens is 1. The Morgan fingerprint density at radius 1 is 1.20 bits per heavy atom. The van der Waals surface area contributed by atoms with E-state index in [2.05, 4.69) is 9.68 Å². The van der Waals surface area contributed by atoms with Gasteiger partial charge >= 0.3 is 0 Å². The maximum Gasteiger partial charge on any atom is 0.238 e. The summed E-state index contributed by atoms with van der Waals surface area (Å²) in [4.78, 5) is 0.0406. The fourth-order valence-electron chi connectivity index (χ4n) is 1.28. The first kappa shape index (κ1) is 9.88. The van der Waals surface area contributed by atoms with Gasteiger partial charge in [-0.05, 0) is 6.07 Å². The van der Waals surface area contributed by atoms with E-state index in [9.17, 15) is 8.42 Å². The molecule has 15 heavy (non-hydrogen) atoms. The lowest BCUT2D eigenvalue weighted by molar-refractivity contribution is 0.422. The average Bonchev–Trinajstić information content (AvgIpc) is 2.69. The number of nitrogens with zero attached hydrogens (tertiary/aromatic N) is 1. The summed E-state index contributed by atoms with van der Waals surface area (Å²) in [5.74, 6) is 0. The number of hydrogen-bond donors (Lipinski definition) is 1. The summed E-state index contributed by atoms with van der Waals surface area (Å²) in [6, 6.07) is 7.93. The van der Waals surface area contributed by atoms with E-state index in [0.29, 0.717) is 11.3 Å². The maximum absolute atomic E-state index is 11.3. The highest BCUT2D eigenvalue weighted by molar-refractivity contribution is 7.89. The van der Waals surface area contributed by atoms with E-state index in [1.807, 2.05) is 0 Å². The van der Waals surface area contributed by atoms with Gasteiger partial charge in [0, 0.05) is 11.6 Å². The Balaban J connectivity index is 2.68. The van der Waals surface area contributed by atoms with Crippen molar-refractivity contribution in [2.75, 3.05) is 0 Å². The number of hydrogen-bond acceptors (Lipinski definition) is 4. The third kappa shape index (κ3) is 1.90. The van der Waals surface area contributed by atoms with Crippen molar-refractivity contribution < 1.29 is 12.9 Å². The minimum absolute atomic E-state index is 0.0406. The molecular weight excluding hydrogens is 216 g/mol. The molecule has 1 aromatic carbocycles. The SMILES string of the molecule is NS(=O)(=O)c1ccccc1-c1ccon1. The van der Waals surface area contributed by atoms with Crippen molar-refractivity contribution in [3.8, 4) is 11.3 Å². The molecular formula is C9H8N2O3S. The summed E-state index contributed by atoms with van der Waals surface area (Å²) in [7, 11) is -3.74. The lowest BCUT2D eigenvalue weighted by Crippen LogP contribution is -2.13. The fraction of sp³-hybridized carbons (Fsp3) is 0. The van der Waals surface area contributed by atoms with Gasteiger partial charge in [0.2, 0.25) is 10.0 Å². The molecule has 1 heterocycles. The van der Waals surface area contributed by atoms with Crippen LogP contribution in [0.15, 0.2) is 46.0 Å². The Morgan fingerprint density at radius 2 is 1.93 bits per heavy atom. The van der Waals surface area contributed by atoms with E-state index in [1.54, 1.807) is 24.3 Å². The van der Waals surface area contributed by atoms with E-state index in [1.165, 1.54) is 12.3 Å². The standard InChI is InChI=1S/C9H8N2O3S/c10-15(12,13)9-4-2-1-3-7(9)8-5-6-14-11-8/h1-6H,(H2,10,12,13). The van der Waals surface area contributed by atoms with Crippen LogP contribution in [0.1, 0.15) is 0 Å². The van der Waals surface area contributed by atoms with Crippen LogP contribution in [0.4, 0.5) is 0 Å². The van der Waals surface area contributed by atoms with Crippen LogP contribution in [0.3, 0.4) is 0 Å². The molecule has 0 unspecified atom stereocenters. The van der Waals surface area contributed by atoms with Crippen LogP contribution in [0.2, 0.25) is 0 Å². The molecule has 0 aliphatic heterocycles. The molecule has 2 rings (SSSR count). The van der Waals surface area contributed by atoms with E-state index < -0.39 is 10.0 Å². The zero-order valence-corrected chi connectivity index (χ0v) is 8.44. The van der Waals surface area contributed by atoms with Crippen molar-refractivity contribution in [1.29, 1.82) is 0 Å². The second-order valence-corrected chi connectivity index (χ2v) is 4.46. The molecule has 2 aromatic rings. The molecule has 5 nitrogen and oxygen atoms in total. The molecule has 78 valence electrons. The molecule has 0 aliphatic carbocycles. The number of primary sulfonamides is 1. The molecule has 0 saturated carbocycles. The highest BCUT2D eigenvalue weighted by atomic mass is 32.2. The number of sulfonamides is 1. The molecule has 2 N–H and O–H groups in total. The highest BCUT2D eigenvalue weighted by Gasteiger charge is 2.15. The lowest BCUT2D eigenvalue weighted by atomic mass is 10.1. The van der Waals surface area contributed by atoms with E-state index in [-0.39, 0.29) is 4.90 Å². The van der Waals surface area contributed by atoms with Crippen LogP contribution < -0.4 is 5.14 Å². The first-order valence-electron chi connectivity index (χ1n) is 4.11. The Bertz CT molecular complexity index is 561. The Hall–Kier alpha value is -1.66. The van der Waals surface area contributed by atoms with Crippen LogP contribution in [-0.4, -0.2) is 13.6 Å². The zero-order chi connectivity index (χ0) is 10.9. The van der Waals surface area contributed by atoms with Crippen molar-refractivity contribution >= 4 is 10.0 Å². The average molecular weight is 224 g/mol. The highest BCUT2D eigenvalue weighted by Crippen LogP contribution is 2.24. The normalized spacial score (nSPS) is 11.5. The second kappa shape index (κ2) is 3.48. The van der Waals surface area contributed by atoms with Gasteiger partial charge in [-0.3, -0.25) is 0 Å². The van der Waals surface area contributed by atoms with Gasteiger partial charge in [-0.2, -0.15) is 0 Å². The molecule has 0 aliphatic rings. The van der Waals surface area contributed by atoms with E-state index in [0.717, 1.165) is 0 Å². The third-order valence-corrected chi connectivity index (χ3v) is 2.88. The molecule has 0 amide bonds. The number of nitrogens with two attached hydrogens (primary N) is 1. The summed E-state index contributed by atoms with van der Waals surface area (Å²) in [5.41, 5.74) is 0.883. The third-order valence-electron chi connectivity index (χ3n) is 1.91. The first-order valence-corrected chi connectivity index (χ1v) is 5.66. The van der Waals surface area contributed by atoms with Crippen molar-refractivity contribution in [3.05, 3.63) is 36.6 Å². The van der Waals surface area contributed by atoms with Crippen LogP contribution in [-0.2, 0) is 10.0 Å². The summed E-state index contributed by atoms with van der Waals surface area (Å²) in [6.07, 6.45) is 1.37. The molecule has 0 saturated heterocycles. The number of rotatable bonds is 2. The predicted octanol–water partition coefficient (Wildman–Crippen LogP) is 0.989. The molecule has 0 spiro atoms. The summed E-state index contributed by atoms with van der Waals surface area (Å²) in [6.45, 7) is 0. The van der Waals surface area contributed by atoms with Gasteiger partial charge in [0.1, 0.15) is 12.0 Å². The minimum atomic E-state index is -3.74. The van der Waals surface area contributed by atoms with Crippen molar-refractivity contribution in [2.45, 2.75) is 4.90 Å². The lowest BCUT2D eigenvalue weighted by Gasteiger charge is -2.03. The van der Waals surface area contributed by atoms with Crippen molar-refractivity contribution in [1.82, 2.24) is 5.16 Å². The molecule has 6 heteroatoms. The Labute approximate surface area is 86.6 Å². The fourth-order valence-corrected chi connectivity index (χ4v) is 2.03. The Kier molecular flexibility index (Phi) is 2.29. The predicted molar refractivity (Wildman–Crippen MR) is 53.3 cm³/mol. The minimum Gasteiger partial charge on any atom is -0.364 e. The smallest absolute Gasteiger partial charge is 0.238 e. The molecule has 0 atom stereocenters. The van der Waals surface area contributed by atoms with Gasteiger partial charge in [-0.15, -0.1) is 0 Å². The van der Waals surface area contributed by atoms with Crippen LogP contribution in [0.25, 0.3) is 11.3 Å². The monoisotopic (exact) mass is 224 g/mol. The van der Waals surface area contributed by atoms with Gasteiger partial charge in [0.25, 0.3) is 0 Å². The van der Waals surface area contributed by atoms with Crippen LogP contribution in [0.5, 0.6) is 0 Å². The first-order chi connectivity index (χ1) is 7.09. The van der Waals surface area contributed by atoms with E-state index >= 15 is 0 Å². The maximum atomic E-state index is 11.3. The summed E-state index contributed by atoms with van der Waals surface area (Å²) >= 11 is 0. The largest absolute Gasteiger partial charge is 0.364 e. The zero-order valence-electron chi connectivity index (χ0n) is 7.62. The topological polar surface area (TPSA) is 86.2 Å². The summed E-state index contributed by atoms with van der Waals surface area (Å²) < 4.78 is 27.2. The van der Waals surface area contributed by atoms with Crippen molar-refractivity contribution in [2.24, 2.45) is 5.14 Å².